The summed E-state index contributed by atoms with van der Waals surface area (Å²) in [5.74, 6) is -1.24. The number of hydrogen-bond acceptors (Lipinski definition) is 4. The lowest BCUT2D eigenvalue weighted by Gasteiger charge is -2.35. The monoisotopic (exact) mass is 393 g/mol. The van der Waals surface area contributed by atoms with Gasteiger partial charge in [-0.05, 0) is 49.9 Å². The number of sulfonamides is 1. The van der Waals surface area contributed by atoms with Crippen LogP contribution in [-0.2, 0) is 14.8 Å². The first-order chi connectivity index (χ1) is 12.9. The third-order valence-corrected chi connectivity index (χ3v) is 7.37. The van der Waals surface area contributed by atoms with Gasteiger partial charge in [0.05, 0.1) is 16.9 Å². The smallest absolute Gasteiger partial charge is 0.243 e. The molecule has 2 aliphatic rings. The molecule has 0 radical (unpaired) electrons. The Labute approximate surface area is 159 Å². The van der Waals surface area contributed by atoms with Gasteiger partial charge in [0.15, 0.2) is 0 Å². The highest BCUT2D eigenvalue weighted by atomic mass is 32.2. The molecule has 1 N–H and O–H groups in total. The molecule has 0 aromatic heterocycles. The molecule has 1 aromatic rings. The third kappa shape index (κ3) is 4.30. The molecule has 1 aliphatic carbocycles. The van der Waals surface area contributed by atoms with Crippen LogP contribution in [-0.4, -0.2) is 37.3 Å². The number of amides is 1. The largest absolute Gasteiger partial charge is 0.338 e. The lowest BCUT2D eigenvalue weighted by Crippen LogP contribution is -2.53. The number of rotatable bonds is 4. The van der Waals surface area contributed by atoms with Gasteiger partial charge in [-0.2, -0.15) is 9.57 Å². The molecule has 3 rings (SSSR count). The SMILES string of the molecule is N#CC1(NC(=O)C2CCCN(S(=O)(=O)c3ccc(F)cc3)C2)CCCCC1. The van der Waals surface area contributed by atoms with Crippen LogP contribution in [0, 0.1) is 23.1 Å². The third-order valence-electron chi connectivity index (χ3n) is 5.49. The number of hydrogen-bond donors (Lipinski definition) is 1. The summed E-state index contributed by atoms with van der Waals surface area (Å²) < 4.78 is 40.0. The summed E-state index contributed by atoms with van der Waals surface area (Å²) in [6.45, 7) is 0.403. The Morgan fingerprint density at radius 1 is 1.19 bits per heavy atom. The van der Waals surface area contributed by atoms with E-state index in [1.54, 1.807) is 0 Å². The molecular formula is C19H24FN3O3S. The van der Waals surface area contributed by atoms with Gasteiger partial charge in [-0.3, -0.25) is 4.79 Å². The van der Waals surface area contributed by atoms with Crippen LogP contribution in [0.5, 0.6) is 0 Å². The zero-order valence-electron chi connectivity index (χ0n) is 15.2. The molecule has 1 aliphatic heterocycles. The van der Waals surface area contributed by atoms with Crippen molar-refractivity contribution in [3.63, 3.8) is 0 Å². The second-order valence-corrected chi connectivity index (χ2v) is 9.34. The first-order valence-corrected chi connectivity index (χ1v) is 10.8. The second-order valence-electron chi connectivity index (χ2n) is 7.40. The molecular weight excluding hydrogens is 369 g/mol. The van der Waals surface area contributed by atoms with Crippen molar-refractivity contribution in [3.8, 4) is 6.07 Å². The van der Waals surface area contributed by atoms with Crippen molar-refractivity contribution in [1.82, 2.24) is 9.62 Å². The first kappa shape index (κ1) is 19.8. The molecule has 2 fully saturated rings. The summed E-state index contributed by atoms with van der Waals surface area (Å²) >= 11 is 0. The van der Waals surface area contributed by atoms with Crippen LogP contribution in [0.25, 0.3) is 0 Å². The summed E-state index contributed by atoms with van der Waals surface area (Å²) in [5, 5.41) is 12.4. The van der Waals surface area contributed by atoms with Crippen LogP contribution in [0.2, 0.25) is 0 Å². The van der Waals surface area contributed by atoms with Gasteiger partial charge in [0, 0.05) is 13.1 Å². The molecule has 146 valence electrons. The van der Waals surface area contributed by atoms with Gasteiger partial charge in [0.2, 0.25) is 15.9 Å². The minimum Gasteiger partial charge on any atom is -0.338 e. The number of carbonyl (C=O) groups is 1. The van der Waals surface area contributed by atoms with Crippen LogP contribution < -0.4 is 5.32 Å². The van der Waals surface area contributed by atoms with Crippen molar-refractivity contribution in [2.75, 3.05) is 13.1 Å². The number of nitrogens with one attached hydrogen (secondary N) is 1. The Balaban J connectivity index is 1.71. The molecule has 1 unspecified atom stereocenters. The minimum atomic E-state index is -3.78. The zero-order valence-corrected chi connectivity index (χ0v) is 16.0. The lowest BCUT2D eigenvalue weighted by atomic mass is 9.82. The predicted octanol–water partition coefficient (Wildman–Crippen LogP) is 2.57. The van der Waals surface area contributed by atoms with E-state index in [2.05, 4.69) is 11.4 Å². The molecule has 0 spiro atoms. The van der Waals surface area contributed by atoms with Crippen molar-refractivity contribution >= 4 is 15.9 Å². The maximum atomic E-state index is 13.1. The average Bonchev–Trinajstić information content (AvgIpc) is 2.69. The molecule has 1 aromatic carbocycles. The van der Waals surface area contributed by atoms with E-state index < -0.39 is 27.3 Å². The Morgan fingerprint density at radius 3 is 2.48 bits per heavy atom. The second kappa shape index (κ2) is 7.95. The van der Waals surface area contributed by atoms with Crippen molar-refractivity contribution in [3.05, 3.63) is 30.1 Å². The fraction of sp³-hybridized carbons (Fsp3) is 0.579. The molecule has 1 heterocycles. The van der Waals surface area contributed by atoms with Crippen LogP contribution in [0.1, 0.15) is 44.9 Å². The molecule has 0 bridgehead atoms. The van der Waals surface area contributed by atoms with Gasteiger partial charge in [-0.1, -0.05) is 19.3 Å². The quantitative estimate of drug-likeness (QED) is 0.851. The van der Waals surface area contributed by atoms with Crippen molar-refractivity contribution in [2.24, 2.45) is 5.92 Å². The summed E-state index contributed by atoms with van der Waals surface area (Å²) in [5.41, 5.74) is -0.826. The van der Waals surface area contributed by atoms with Gasteiger partial charge < -0.3 is 5.32 Å². The van der Waals surface area contributed by atoms with E-state index in [9.17, 15) is 22.9 Å². The normalized spacial score (nSPS) is 23.3. The van der Waals surface area contributed by atoms with E-state index in [-0.39, 0.29) is 17.3 Å². The zero-order chi connectivity index (χ0) is 19.5. The van der Waals surface area contributed by atoms with E-state index in [0.29, 0.717) is 32.2 Å². The highest BCUT2D eigenvalue weighted by Gasteiger charge is 2.38. The van der Waals surface area contributed by atoms with Gasteiger partial charge >= 0.3 is 0 Å². The molecule has 6 nitrogen and oxygen atoms in total. The van der Waals surface area contributed by atoms with Crippen LogP contribution in [0.15, 0.2) is 29.2 Å². The number of halogens is 1. The minimum absolute atomic E-state index is 0.0192. The molecule has 8 heteroatoms. The molecule has 1 saturated heterocycles. The molecule has 1 atom stereocenters. The van der Waals surface area contributed by atoms with E-state index in [1.165, 1.54) is 16.4 Å². The average molecular weight is 393 g/mol. The lowest BCUT2D eigenvalue weighted by molar-refractivity contribution is -0.127. The van der Waals surface area contributed by atoms with E-state index in [1.807, 2.05) is 0 Å². The fourth-order valence-electron chi connectivity index (χ4n) is 3.89. The van der Waals surface area contributed by atoms with E-state index in [4.69, 9.17) is 0 Å². The number of benzene rings is 1. The summed E-state index contributed by atoms with van der Waals surface area (Å²) in [4.78, 5) is 12.8. The summed E-state index contributed by atoms with van der Waals surface area (Å²) in [7, 11) is -3.78. The van der Waals surface area contributed by atoms with E-state index >= 15 is 0 Å². The molecule has 27 heavy (non-hydrogen) atoms. The van der Waals surface area contributed by atoms with Crippen LogP contribution in [0.3, 0.4) is 0 Å². The standard InChI is InChI=1S/C19H24FN3O3S/c20-16-6-8-17(9-7-16)27(25,26)23-12-4-5-15(13-23)18(24)22-19(14-21)10-2-1-3-11-19/h6-9,15H,1-5,10-13H2,(H,22,24). The van der Waals surface area contributed by atoms with Gasteiger partial charge in [-0.25, -0.2) is 12.8 Å². The number of carbonyl (C=O) groups excluding carboxylic acids is 1. The Hall–Kier alpha value is -1.98. The molecule has 1 amide bonds. The highest BCUT2D eigenvalue weighted by Crippen LogP contribution is 2.29. The predicted molar refractivity (Wildman–Crippen MR) is 97.5 cm³/mol. The fourth-order valence-corrected chi connectivity index (χ4v) is 5.41. The van der Waals surface area contributed by atoms with Crippen molar-refractivity contribution in [1.29, 1.82) is 5.26 Å². The van der Waals surface area contributed by atoms with Gasteiger partial charge in [0.1, 0.15) is 11.4 Å². The molecule has 1 saturated carbocycles. The Bertz CT molecular complexity index is 827. The summed E-state index contributed by atoms with van der Waals surface area (Å²) in [6.07, 6.45) is 5.31. The number of nitriles is 1. The van der Waals surface area contributed by atoms with Crippen molar-refractivity contribution in [2.45, 2.75) is 55.4 Å². The van der Waals surface area contributed by atoms with Crippen molar-refractivity contribution < 1.29 is 17.6 Å². The highest BCUT2D eigenvalue weighted by molar-refractivity contribution is 7.89. The van der Waals surface area contributed by atoms with Gasteiger partial charge in [0.25, 0.3) is 0 Å². The maximum Gasteiger partial charge on any atom is 0.243 e. The number of piperidine rings is 1. The van der Waals surface area contributed by atoms with E-state index in [0.717, 1.165) is 31.4 Å². The summed E-state index contributed by atoms with van der Waals surface area (Å²) in [6, 6.07) is 6.96. The van der Waals surface area contributed by atoms with Crippen LogP contribution in [0.4, 0.5) is 4.39 Å². The van der Waals surface area contributed by atoms with Gasteiger partial charge in [-0.15, -0.1) is 0 Å². The van der Waals surface area contributed by atoms with Crippen LogP contribution >= 0.6 is 0 Å². The first-order valence-electron chi connectivity index (χ1n) is 9.35. The topological polar surface area (TPSA) is 90.3 Å². The Kier molecular flexibility index (Phi) is 5.82. The Morgan fingerprint density at radius 2 is 1.85 bits per heavy atom. The number of nitrogens with zero attached hydrogens (tertiary/aromatic N) is 2. The maximum absolute atomic E-state index is 13.1.